The van der Waals surface area contributed by atoms with Crippen molar-refractivity contribution in [1.82, 2.24) is 19.7 Å². The number of phenolic OH excluding ortho intramolecular Hbond substituents is 2. The van der Waals surface area contributed by atoms with Gasteiger partial charge >= 0.3 is 0 Å². The van der Waals surface area contributed by atoms with Gasteiger partial charge in [0.1, 0.15) is 5.65 Å². The molecule has 0 saturated carbocycles. The number of hydrogen-bond acceptors (Lipinski definition) is 7. The van der Waals surface area contributed by atoms with Crippen molar-refractivity contribution in [2.24, 2.45) is 0 Å². The lowest BCUT2D eigenvalue weighted by atomic mass is 9.90. The van der Waals surface area contributed by atoms with Crippen LogP contribution in [-0.4, -0.2) is 42.1 Å². The Bertz CT molecular complexity index is 1350. The third-order valence-corrected chi connectivity index (χ3v) is 5.35. The molecule has 0 aliphatic carbocycles. The predicted molar refractivity (Wildman–Crippen MR) is 120 cm³/mol. The molecule has 1 aromatic carbocycles. The molecule has 33 heavy (non-hydrogen) atoms. The number of fused-ring (bicyclic) bond motifs is 1. The van der Waals surface area contributed by atoms with Crippen LogP contribution in [0.15, 0.2) is 71.9 Å². The Morgan fingerprint density at radius 2 is 1.91 bits per heavy atom. The molecule has 3 aromatic heterocycles. The molecule has 0 radical (unpaired) electrons. The summed E-state index contributed by atoms with van der Waals surface area (Å²) >= 11 is 0. The van der Waals surface area contributed by atoms with Gasteiger partial charge in [-0.1, -0.05) is 18.2 Å². The maximum absolute atomic E-state index is 13.2. The summed E-state index contributed by atoms with van der Waals surface area (Å²) in [5, 5.41) is 32.4. The summed E-state index contributed by atoms with van der Waals surface area (Å²) in [6, 6.07) is 12.9. The molecule has 1 atom stereocenters. The fraction of sp³-hybridized carbons (Fsp3) is 0.167. The first-order valence-electron chi connectivity index (χ1n) is 10.3. The van der Waals surface area contributed by atoms with Gasteiger partial charge in [0.2, 0.25) is 11.8 Å². The highest BCUT2D eigenvalue weighted by Gasteiger charge is 2.26. The molecule has 9 nitrogen and oxygen atoms in total. The molecular weight excluding hydrogens is 424 g/mol. The standard InChI is InChI=1S/C24H22N4O5/c29-18-7-6-15(12-19(18)30)8-10-26-21(31)13-17(16-4-3-9-25-14-16)22-23(32)27-20-5-1-2-11-28(20)24(22)33/h1-7,9,11-12,14,17,29-30,32H,8,10,13H2,(H,26,31)/t17-/m1/s1. The van der Waals surface area contributed by atoms with E-state index in [0.29, 0.717) is 17.6 Å². The van der Waals surface area contributed by atoms with Gasteiger partial charge in [-0.05, 0) is 47.9 Å². The van der Waals surface area contributed by atoms with Crippen LogP contribution in [0.1, 0.15) is 29.0 Å². The number of amides is 1. The Kier molecular flexibility index (Phi) is 6.21. The van der Waals surface area contributed by atoms with E-state index >= 15 is 0 Å². The Labute approximate surface area is 188 Å². The van der Waals surface area contributed by atoms with Crippen LogP contribution in [0.2, 0.25) is 0 Å². The van der Waals surface area contributed by atoms with Gasteiger partial charge in [-0.15, -0.1) is 0 Å². The van der Waals surface area contributed by atoms with E-state index in [9.17, 15) is 24.9 Å². The predicted octanol–water partition coefficient (Wildman–Crippen LogP) is 2.09. The number of benzene rings is 1. The number of phenols is 2. The number of aromatic nitrogens is 3. The van der Waals surface area contributed by atoms with E-state index in [-0.39, 0.29) is 35.9 Å². The van der Waals surface area contributed by atoms with Gasteiger partial charge in [0, 0.05) is 37.5 Å². The van der Waals surface area contributed by atoms with Gasteiger partial charge in [0.15, 0.2) is 11.5 Å². The third kappa shape index (κ3) is 4.77. The summed E-state index contributed by atoms with van der Waals surface area (Å²) in [6.45, 7) is 0.281. The zero-order valence-corrected chi connectivity index (χ0v) is 17.5. The second-order valence-electron chi connectivity index (χ2n) is 7.55. The molecule has 0 saturated heterocycles. The summed E-state index contributed by atoms with van der Waals surface area (Å²) in [4.78, 5) is 34.2. The van der Waals surface area contributed by atoms with Crippen LogP contribution >= 0.6 is 0 Å². The van der Waals surface area contributed by atoms with Crippen molar-refractivity contribution in [3.05, 3.63) is 94.2 Å². The minimum absolute atomic E-state index is 0.0188. The smallest absolute Gasteiger partial charge is 0.265 e. The summed E-state index contributed by atoms with van der Waals surface area (Å²) in [6.07, 6.45) is 5.02. The van der Waals surface area contributed by atoms with Crippen LogP contribution in [0.3, 0.4) is 0 Å². The number of carbonyl (C=O) groups excluding carboxylic acids is 1. The molecule has 4 rings (SSSR count). The van der Waals surface area contributed by atoms with Gasteiger partial charge in [0.05, 0.1) is 5.56 Å². The molecule has 4 aromatic rings. The number of aromatic hydroxyl groups is 3. The molecule has 0 aliphatic rings. The average Bonchev–Trinajstić information content (AvgIpc) is 2.81. The van der Waals surface area contributed by atoms with E-state index in [1.54, 1.807) is 55.0 Å². The zero-order chi connectivity index (χ0) is 23.4. The number of hydrogen-bond donors (Lipinski definition) is 4. The number of carbonyl (C=O) groups is 1. The van der Waals surface area contributed by atoms with Gasteiger partial charge in [-0.3, -0.25) is 19.0 Å². The first-order chi connectivity index (χ1) is 15.9. The topological polar surface area (TPSA) is 137 Å². The normalized spacial score (nSPS) is 11.9. The highest BCUT2D eigenvalue weighted by Crippen LogP contribution is 2.30. The lowest BCUT2D eigenvalue weighted by Crippen LogP contribution is -2.30. The van der Waals surface area contributed by atoms with Crippen molar-refractivity contribution >= 4 is 11.6 Å². The second-order valence-corrected chi connectivity index (χ2v) is 7.55. The highest BCUT2D eigenvalue weighted by atomic mass is 16.3. The first kappa shape index (κ1) is 21.8. The monoisotopic (exact) mass is 446 g/mol. The maximum atomic E-state index is 13.2. The number of nitrogens with one attached hydrogen (secondary N) is 1. The van der Waals surface area contributed by atoms with E-state index in [4.69, 9.17) is 0 Å². The quantitative estimate of drug-likeness (QED) is 0.319. The fourth-order valence-corrected chi connectivity index (χ4v) is 3.69. The lowest BCUT2D eigenvalue weighted by molar-refractivity contribution is -0.121. The molecule has 4 N–H and O–H groups in total. The van der Waals surface area contributed by atoms with Crippen molar-refractivity contribution in [3.8, 4) is 17.4 Å². The fourth-order valence-electron chi connectivity index (χ4n) is 3.69. The van der Waals surface area contributed by atoms with Crippen molar-refractivity contribution < 1.29 is 20.1 Å². The van der Waals surface area contributed by atoms with E-state index in [1.807, 2.05) is 0 Å². The van der Waals surface area contributed by atoms with Crippen LogP contribution in [0, 0.1) is 0 Å². The van der Waals surface area contributed by atoms with Crippen LogP contribution in [-0.2, 0) is 11.2 Å². The molecule has 168 valence electrons. The molecule has 0 bridgehead atoms. The number of rotatable bonds is 7. The third-order valence-electron chi connectivity index (χ3n) is 5.35. The molecular formula is C24H22N4O5. The minimum Gasteiger partial charge on any atom is -0.504 e. The van der Waals surface area contributed by atoms with E-state index in [1.165, 1.54) is 16.5 Å². The van der Waals surface area contributed by atoms with E-state index < -0.39 is 17.4 Å². The average molecular weight is 446 g/mol. The van der Waals surface area contributed by atoms with Gasteiger partial charge < -0.3 is 20.6 Å². The summed E-state index contributed by atoms with van der Waals surface area (Å²) < 4.78 is 1.33. The van der Waals surface area contributed by atoms with Gasteiger partial charge in [-0.2, -0.15) is 4.98 Å². The first-order valence-corrected chi connectivity index (χ1v) is 10.3. The minimum atomic E-state index is -0.756. The second kappa shape index (κ2) is 9.39. The molecule has 1 amide bonds. The van der Waals surface area contributed by atoms with Crippen molar-refractivity contribution in [1.29, 1.82) is 0 Å². The summed E-state index contributed by atoms with van der Waals surface area (Å²) in [5.41, 5.74) is 1.20. The Morgan fingerprint density at radius 3 is 2.67 bits per heavy atom. The maximum Gasteiger partial charge on any atom is 0.265 e. The molecule has 0 aliphatic heterocycles. The summed E-state index contributed by atoms with van der Waals surface area (Å²) in [7, 11) is 0. The van der Waals surface area contributed by atoms with Crippen molar-refractivity contribution in [2.45, 2.75) is 18.8 Å². The van der Waals surface area contributed by atoms with Crippen LogP contribution < -0.4 is 10.9 Å². The lowest BCUT2D eigenvalue weighted by Gasteiger charge is -2.18. The Balaban J connectivity index is 1.57. The molecule has 0 fully saturated rings. The molecule has 0 spiro atoms. The summed E-state index contributed by atoms with van der Waals surface area (Å²) in [5.74, 6) is -1.95. The molecule has 0 unspecified atom stereocenters. The number of nitrogens with zero attached hydrogens (tertiary/aromatic N) is 3. The SMILES string of the molecule is O=C(C[C@H](c1cccnc1)c1c(O)nc2ccccn2c1=O)NCCc1ccc(O)c(O)c1. The van der Waals surface area contributed by atoms with Gasteiger partial charge in [0.25, 0.3) is 5.56 Å². The van der Waals surface area contributed by atoms with Crippen molar-refractivity contribution in [3.63, 3.8) is 0 Å². The molecule has 3 heterocycles. The largest absolute Gasteiger partial charge is 0.504 e. The van der Waals surface area contributed by atoms with Gasteiger partial charge in [-0.25, -0.2) is 0 Å². The Hall–Kier alpha value is -4.40. The van der Waals surface area contributed by atoms with Crippen LogP contribution in [0.5, 0.6) is 17.4 Å². The van der Waals surface area contributed by atoms with Crippen molar-refractivity contribution in [2.75, 3.05) is 6.54 Å². The Morgan fingerprint density at radius 1 is 1.06 bits per heavy atom. The van der Waals surface area contributed by atoms with E-state index in [0.717, 1.165) is 5.56 Å². The van der Waals surface area contributed by atoms with Crippen LogP contribution in [0.25, 0.3) is 5.65 Å². The van der Waals surface area contributed by atoms with Crippen LogP contribution in [0.4, 0.5) is 0 Å². The molecule has 9 heteroatoms. The zero-order valence-electron chi connectivity index (χ0n) is 17.5. The highest BCUT2D eigenvalue weighted by molar-refractivity contribution is 5.77. The van der Waals surface area contributed by atoms with E-state index in [2.05, 4.69) is 15.3 Å². The number of pyridine rings is 2.